The Bertz CT molecular complexity index is 873. The van der Waals surface area contributed by atoms with Crippen LogP contribution in [0.15, 0.2) is 54.6 Å². The summed E-state index contributed by atoms with van der Waals surface area (Å²) in [5.74, 6) is 1.81. The Morgan fingerprint density at radius 3 is 1.96 bits per heavy atom. The molecule has 138 valence electrons. The zero-order valence-corrected chi connectivity index (χ0v) is 15.5. The van der Waals surface area contributed by atoms with Gasteiger partial charge in [-0.05, 0) is 49.1 Å². The second-order valence-electron chi connectivity index (χ2n) is 6.64. The Kier molecular flexibility index (Phi) is 5.14. The third-order valence-electron chi connectivity index (χ3n) is 4.66. The Hall–Kier alpha value is -3.15. The number of nitrogens with zero attached hydrogens (tertiary/aromatic N) is 4. The quantitative estimate of drug-likeness (QED) is 0.674. The molecule has 0 saturated carbocycles. The summed E-state index contributed by atoms with van der Waals surface area (Å²) in [6, 6.07) is 18.3. The summed E-state index contributed by atoms with van der Waals surface area (Å²) in [5.41, 5.74) is 3.23. The van der Waals surface area contributed by atoms with Gasteiger partial charge >= 0.3 is 0 Å². The van der Waals surface area contributed by atoms with E-state index >= 15 is 0 Å². The van der Waals surface area contributed by atoms with Gasteiger partial charge in [0.2, 0.25) is 17.8 Å². The van der Waals surface area contributed by atoms with Crippen molar-refractivity contribution in [3.05, 3.63) is 60.2 Å². The van der Waals surface area contributed by atoms with Crippen molar-refractivity contribution in [1.29, 1.82) is 0 Å². The van der Waals surface area contributed by atoms with Gasteiger partial charge in [-0.3, -0.25) is 0 Å². The first-order chi connectivity index (χ1) is 13.3. The lowest BCUT2D eigenvalue weighted by Crippen LogP contribution is -2.21. The standard InChI is InChI=1S/C21H24N6/c1-2-16-10-12-18(13-11-16)23-20-24-19(22-17-8-4-3-5-9-17)25-21(26-20)27-14-6-7-15-27/h3-5,8-13H,2,6-7,14-15H2,1H3,(H2,22,23,24,25,26). The van der Waals surface area contributed by atoms with Gasteiger partial charge in [0.15, 0.2) is 0 Å². The fraction of sp³-hybridized carbons (Fsp3) is 0.286. The van der Waals surface area contributed by atoms with Gasteiger partial charge in [-0.25, -0.2) is 0 Å². The Balaban J connectivity index is 1.62. The molecule has 0 bridgehead atoms. The minimum Gasteiger partial charge on any atom is -0.341 e. The van der Waals surface area contributed by atoms with E-state index in [2.05, 4.69) is 61.7 Å². The molecule has 2 N–H and O–H groups in total. The summed E-state index contributed by atoms with van der Waals surface area (Å²) in [5, 5.41) is 6.60. The second-order valence-corrected chi connectivity index (χ2v) is 6.64. The molecular weight excluding hydrogens is 336 g/mol. The molecule has 1 aliphatic rings. The van der Waals surface area contributed by atoms with Crippen LogP contribution in [0.2, 0.25) is 0 Å². The maximum atomic E-state index is 4.65. The smallest absolute Gasteiger partial charge is 0.233 e. The number of para-hydroxylation sites is 1. The SMILES string of the molecule is CCc1ccc(Nc2nc(Nc3ccccc3)nc(N3CCCC3)n2)cc1. The molecule has 0 unspecified atom stereocenters. The Labute approximate surface area is 159 Å². The van der Waals surface area contributed by atoms with Gasteiger partial charge in [0.05, 0.1) is 0 Å². The Morgan fingerprint density at radius 2 is 1.37 bits per heavy atom. The van der Waals surface area contributed by atoms with Crippen LogP contribution in [0.25, 0.3) is 0 Å². The molecule has 0 atom stereocenters. The highest BCUT2D eigenvalue weighted by Gasteiger charge is 2.17. The number of rotatable bonds is 6. The molecule has 6 nitrogen and oxygen atoms in total. The summed E-state index contributed by atoms with van der Waals surface area (Å²) < 4.78 is 0. The first-order valence-corrected chi connectivity index (χ1v) is 9.49. The average Bonchev–Trinajstić information content (AvgIpc) is 3.24. The van der Waals surface area contributed by atoms with E-state index < -0.39 is 0 Å². The number of benzene rings is 2. The van der Waals surface area contributed by atoms with E-state index in [0.29, 0.717) is 17.8 Å². The second kappa shape index (κ2) is 8.03. The number of aromatic nitrogens is 3. The zero-order valence-electron chi connectivity index (χ0n) is 15.5. The van der Waals surface area contributed by atoms with Gasteiger partial charge in [-0.1, -0.05) is 37.3 Å². The molecule has 0 spiro atoms. The molecular formula is C21H24N6. The molecule has 0 amide bonds. The van der Waals surface area contributed by atoms with Gasteiger partial charge in [0, 0.05) is 24.5 Å². The molecule has 1 saturated heterocycles. The minimum atomic E-state index is 0.547. The van der Waals surface area contributed by atoms with Crippen LogP contribution in [0, 0.1) is 0 Å². The summed E-state index contributed by atoms with van der Waals surface area (Å²) in [6.45, 7) is 4.12. The minimum absolute atomic E-state index is 0.547. The van der Waals surface area contributed by atoms with Gasteiger partial charge in [0.1, 0.15) is 0 Å². The van der Waals surface area contributed by atoms with E-state index in [4.69, 9.17) is 0 Å². The number of nitrogens with one attached hydrogen (secondary N) is 2. The molecule has 27 heavy (non-hydrogen) atoms. The van der Waals surface area contributed by atoms with Crippen LogP contribution in [-0.2, 0) is 6.42 Å². The molecule has 1 fully saturated rings. The average molecular weight is 360 g/mol. The number of hydrogen-bond donors (Lipinski definition) is 2. The summed E-state index contributed by atoms with van der Waals surface area (Å²) in [6.07, 6.45) is 3.37. The highest BCUT2D eigenvalue weighted by Crippen LogP contribution is 2.22. The van der Waals surface area contributed by atoms with Crippen LogP contribution < -0.4 is 15.5 Å². The highest BCUT2D eigenvalue weighted by atomic mass is 15.3. The van der Waals surface area contributed by atoms with Crippen molar-refractivity contribution >= 4 is 29.2 Å². The highest BCUT2D eigenvalue weighted by molar-refractivity contribution is 5.59. The monoisotopic (exact) mass is 360 g/mol. The topological polar surface area (TPSA) is 66.0 Å². The molecule has 4 rings (SSSR count). The normalized spacial score (nSPS) is 13.6. The first-order valence-electron chi connectivity index (χ1n) is 9.49. The van der Waals surface area contributed by atoms with Crippen LogP contribution in [-0.4, -0.2) is 28.0 Å². The van der Waals surface area contributed by atoms with E-state index in [1.807, 2.05) is 30.3 Å². The predicted octanol–water partition coefficient (Wildman–Crippen LogP) is 4.52. The molecule has 2 heterocycles. The molecule has 0 aliphatic carbocycles. The van der Waals surface area contributed by atoms with Crippen LogP contribution in [0.5, 0.6) is 0 Å². The van der Waals surface area contributed by atoms with Crippen molar-refractivity contribution in [1.82, 2.24) is 15.0 Å². The largest absolute Gasteiger partial charge is 0.341 e. The van der Waals surface area contributed by atoms with E-state index in [0.717, 1.165) is 30.9 Å². The lowest BCUT2D eigenvalue weighted by atomic mass is 10.1. The Morgan fingerprint density at radius 1 is 0.778 bits per heavy atom. The van der Waals surface area contributed by atoms with Crippen molar-refractivity contribution in [2.45, 2.75) is 26.2 Å². The van der Waals surface area contributed by atoms with Gasteiger partial charge in [0.25, 0.3) is 0 Å². The maximum Gasteiger partial charge on any atom is 0.233 e. The van der Waals surface area contributed by atoms with Crippen molar-refractivity contribution in [3.8, 4) is 0 Å². The third-order valence-corrected chi connectivity index (χ3v) is 4.66. The molecule has 2 aromatic carbocycles. The van der Waals surface area contributed by atoms with E-state index in [1.54, 1.807) is 0 Å². The summed E-state index contributed by atoms with van der Waals surface area (Å²) >= 11 is 0. The van der Waals surface area contributed by atoms with Crippen molar-refractivity contribution < 1.29 is 0 Å². The summed E-state index contributed by atoms with van der Waals surface area (Å²) in [4.78, 5) is 16.1. The lowest BCUT2D eigenvalue weighted by Gasteiger charge is -2.17. The van der Waals surface area contributed by atoms with E-state index in [9.17, 15) is 0 Å². The van der Waals surface area contributed by atoms with Crippen molar-refractivity contribution in [2.75, 3.05) is 28.6 Å². The fourth-order valence-electron chi connectivity index (χ4n) is 3.14. The van der Waals surface area contributed by atoms with Gasteiger partial charge in [-0.2, -0.15) is 15.0 Å². The molecule has 1 aromatic heterocycles. The van der Waals surface area contributed by atoms with Crippen molar-refractivity contribution in [2.24, 2.45) is 0 Å². The maximum absolute atomic E-state index is 4.65. The van der Waals surface area contributed by atoms with Gasteiger partial charge < -0.3 is 15.5 Å². The predicted molar refractivity (Wildman–Crippen MR) is 110 cm³/mol. The molecule has 0 radical (unpaired) electrons. The summed E-state index contributed by atoms with van der Waals surface area (Å²) in [7, 11) is 0. The van der Waals surface area contributed by atoms with Crippen LogP contribution >= 0.6 is 0 Å². The fourth-order valence-corrected chi connectivity index (χ4v) is 3.14. The third kappa shape index (κ3) is 4.34. The zero-order chi connectivity index (χ0) is 18.5. The lowest BCUT2D eigenvalue weighted by molar-refractivity contribution is 0.886. The number of anilines is 5. The molecule has 3 aromatic rings. The van der Waals surface area contributed by atoms with Crippen molar-refractivity contribution in [3.63, 3.8) is 0 Å². The van der Waals surface area contributed by atoms with Crippen LogP contribution in [0.3, 0.4) is 0 Å². The number of hydrogen-bond acceptors (Lipinski definition) is 6. The van der Waals surface area contributed by atoms with Crippen LogP contribution in [0.1, 0.15) is 25.3 Å². The molecule has 6 heteroatoms. The van der Waals surface area contributed by atoms with E-state index in [1.165, 1.54) is 18.4 Å². The number of aryl methyl sites for hydroxylation is 1. The first kappa shape index (κ1) is 17.3. The van der Waals surface area contributed by atoms with E-state index in [-0.39, 0.29) is 0 Å². The van der Waals surface area contributed by atoms with Crippen LogP contribution in [0.4, 0.5) is 29.2 Å². The molecule has 1 aliphatic heterocycles. The van der Waals surface area contributed by atoms with Gasteiger partial charge in [-0.15, -0.1) is 0 Å².